The maximum Gasteiger partial charge on any atom is 0.230 e. The second-order valence-corrected chi connectivity index (χ2v) is 6.90. The number of thiazole rings is 1. The van der Waals surface area contributed by atoms with Crippen LogP contribution in [0.15, 0.2) is 0 Å². The molecule has 1 aromatic rings. The van der Waals surface area contributed by atoms with E-state index in [2.05, 4.69) is 17.2 Å². The van der Waals surface area contributed by atoms with Gasteiger partial charge in [-0.3, -0.25) is 0 Å². The number of ether oxygens (including phenoxy) is 1. The molecule has 0 aliphatic heterocycles. The lowest BCUT2D eigenvalue weighted by Gasteiger charge is -2.29. The van der Waals surface area contributed by atoms with E-state index in [0.29, 0.717) is 6.04 Å². The molecule has 1 saturated carbocycles. The Kier molecular flexibility index (Phi) is 5.66. The molecule has 1 aliphatic rings. The van der Waals surface area contributed by atoms with Crippen LogP contribution in [0.3, 0.4) is 0 Å². The summed E-state index contributed by atoms with van der Waals surface area (Å²) in [7, 11) is 5.73. The smallest absolute Gasteiger partial charge is 0.230 e. The van der Waals surface area contributed by atoms with E-state index in [-0.39, 0.29) is 0 Å². The number of nitrogens with one attached hydrogen (secondary N) is 1. The Labute approximate surface area is 126 Å². The van der Waals surface area contributed by atoms with Crippen molar-refractivity contribution in [3.05, 3.63) is 4.88 Å². The largest absolute Gasteiger partial charge is 0.480 e. The SMILES string of the molecule is CCC1CCCC(NCc2sc(N(C)C)nc2OC)C1. The standard InChI is InChI=1S/C15H27N3OS/c1-5-11-7-6-8-12(9-11)16-10-13-14(19-4)17-15(20-13)18(2)3/h11-12,16H,5-10H2,1-4H3. The quantitative estimate of drug-likeness (QED) is 0.874. The second kappa shape index (κ2) is 7.27. The van der Waals surface area contributed by atoms with E-state index in [4.69, 9.17) is 4.74 Å². The van der Waals surface area contributed by atoms with E-state index in [0.717, 1.165) is 23.5 Å². The summed E-state index contributed by atoms with van der Waals surface area (Å²) in [5, 5.41) is 4.71. The molecule has 0 amide bonds. The molecule has 0 bridgehead atoms. The molecule has 1 aliphatic carbocycles. The first-order valence-electron chi connectivity index (χ1n) is 7.58. The molecule has 0 saturated heterocycles. The lowest BCUT2D eigenvalue weighted by molar-refractivity contribution is 0.278. The molecule has 5 heteroatoms. The molecule has 1 aromatic heterocycles. The van der Waals surface area contributed by atoms with Crippen LogP contribution in [0.1, 0.15) is 43.9 Å². The number of aromatic nitrogens is 1. The van der Waals surface area contributed by atoms with Crippen LogP contribution in [0.4, 0.5) is 5.13 Å². The fraction of sp³-hybridized carbons (Fsp3) is 0.800. The summed E-state index contributed by atoms with van der Waals surface area (Å²) in [4.78, 5) is 7.74. The van der Waals surface area contributed by atoms with Gasteiger partial charge in [0, 0.05) is 26.7 Å². The van der Waals surface area contributed by atoms with Crippen LogP contribution < -0.4 is 15.0 Å². The Hall–Kier alpha value is -0.810. The third kappa shape index (κ3) is 3.85. The molecule has 114 valence electrons. The highest BCUT2D eigenvalue weighted by Gasteiger charge is 2.21. The monoisotopic (exact) mass is 297 g/mol. The van der Waals surface area contributed by atoms with E-state index in [1.165, 1.54) is 37.0 Å². The summed E-state index contributed by atoms with van der Waals surface area (Å²) >= 11 is 1.71. The average molecular weight is 297 g/mol. The predicted molar refractivity (Wildman–Crippen MR) is 85.9 cm³/mol. The molecule has 1 fully saturated rings. The lowest BCUT2D eigenvalue weighted by atomic mass is 9.84. The van der Waals surface area contributed by atoms with Gasteiger partial charge in [-0.25, -0.2) is 0 Å². The predicted octanol–water partition coefficient (Wildman–Crippen LogP) is 3.28. The topological polar surface area (TPSA) is 37.4 Å². The van der Waals surface area contributed by atoms with Crippen molar-refractivity contribution < 1.29 is 4.74 Å². The highest BCUT2D eigenvalue weighted by atomic mass is 32.1. The summed E-state index contributed by atoms with van der Waals surface area (Å²) in [5.41, 5.74) is 0. The van der Waals surface area contributed by atoms with Crippen LogP contribution in [0.2, 0.25) is 0 Å². The fourth-order valence-corrected chi connectivity index (χ4v) is 3.78. The Balaban J connectivity index is 1.92. The van der Waals surface area contributed by atoms with Crippen molar-refractivity contribution in [1.82, 2.24) is 10.3 Å². The molecule has 2 atom stereocenters. The van der Waals surface area contributed by atoms with E-state index >= 15 is 0 Å². The maximum absolute atomic E-state index is 5.39. The van der Waals surface area contributed by atoms with Crippen LogP contribution in [-0.2, 0) is 6.54 Å². The van der Waals surface area contributed by atoms with Gasteiger partial charge in [-0.15, -0.1) is 0 Å². The van der Waals surface area contributed by atoms with E-state index in [1.807, 2.05) is 19.0 Å². The molecule has 4 nitrogen and oxygen atoms in total. The average Bonchev–Trinajstić information content (AvgIpc) is 2.89. The van der Waals surface area contributed by atoms with E-state index in [9.17, 15) is 0 Å². The Morgan fingerprint density at radius 2 is 2.20 bits per heavy atom. The third-order valence-corrected chi connectivity index (χ3v) is 5.34. The molecule has 0 spiro atoms. The van der Waals surface area contributed by atoms with Gasteiger partial charge in [0.15, 0.2) is 5.13 Å². The Morgan fingerprint density at radius 1 is 1.40 bits per heavy atom. The van der Waals surface area contributed by atoms with Crippen molar-refractivity contribution in [3.63, 3.8) is 0 Å². The maximum atomic E-state index is 5.39. The van der Waals surface area contributed by atoms with Crippen LogP contribution in [0.25, 0.3) is 0 Å². The second-order valence-electron chi connectivity index (χ2n) is 5.84. The highest BCUT2D eigenvalue weighted by molar-refractivity contribution is 7.15. The summed E-state index contributed by atoms with van der Waals surface area (Å²) in [5.74, 6) is 1.68. The third-order valence-electron chi connectivity index (χ3n) is 4.14. The summed E-state index contributed by atoms with van der Waals surface area (Å²) in [6, 6.07) is 0.656. The van der Waals surface area contributed by atoms with Gasteiger partial charge in [0.05, 0.1) is 12.0 Å². The minimum Gasteiger partial charge on any atom is -0.480 e. The van der Waals surface area contributed by atoms with E-state index < -0.39 is 0 Å². The number of rotatable bonds is 6. The summed E-state index contributed by atoms with van der Waals surface area (Å²) in [6.07, 6.45) is 6.70. The van der Waals surface area contributed by atoms with Crippen LogP contribution >= 0.6 is 11.3 Å². The normalized spacial score (nSPS) is 22.8. The summed E-state index contributed by atoms with van der Waals surface area (Å²) in [6.45, 7) is 3.18. The van der Waals surface area contributed by atoms with Crippen molar-refractivity contribution in [3.8, 4) is 5.88 Å². The van der Waals surface area contributed by atoms with Crippen LogP contribution in [-0.4, -0.2) is 32.2 Å². The molecular formula is C15H27N3OS. The molecule has 1 heterocycles. The van der Waals surface area contributed by atoms with Gasteiger partial charge in [0.25, 0.3) is 0 Å². The van der Waals surface area contributed by atoms with Crippen LogP contribution in [0.5, 0.6) is 5.88 Å². The minimum atomic E-state index is 0.656. The first kappa shape index (κ1) is 15.6. The molecule has 20 heavy (non-hydrogen) atoms. The molecule has 1 N–H and O–H groups in total. The Bertz CT molecular complexity index is 419. The number of anilines is 1. The molecule has 0 radical (unpaired) electrons. The van der Waals surface area contributed by atoms with Gasteiger partial charge in [0.2, 0.25) is 5.88 Å². The molecular weight excluding hydrogens is 270 g/mol. The van der Waals surface area contributed by atoms with E-state index in [1.54, 1.807) is 18.4 Å². The fourth-order valence-electron chi connectivity index (χ4n) is 2.87. The van der Waals surface area contributed by atoms with Gasteiger partial charge in [0.1, 0.15) is 0 Å². The van der Waals surface area contributed by atoms with Crippen molar-refractivity contribution in [2.45, 2.75) is 51.6 Å². The first-order chi connectivity index (χ1) is 9.63. The number of hydrogen-bond donors (Lipinski definition) is 1. The molecule has 2 rings (SSSR count). The van der Waals surface area contributed by atoms with Gasteiger partial charge < -0.3 is 15.0 Å². The molecule has 0 aromatic carbocycles. The highest BCUT2D eigenvalue weighted by Crippen LogP contribution is 2.31. The zero-order valence-corrected chi connectivity index (χ0v) is 13.9. The zero-order chi connectivity index (χ0) is 14.5. The van der Waals surface area contributed by atoms with Crippen molar-refractivity contribution in [2.24, 2.45) is 5.92 Å². The van der Waals surface area contributed by atoms with Crippen molar-refractivity contribution in [2.75, 3.05) is 26.1 Å². The first-order valence-corrected chi connectivity index (χ1v) is 8.40. The lowest BCUT2D eigenvalue weighted by Crippen LogP contribution is -2.33. The summed E-state index contributed by atoms with van der Waals surface area (Å²) < 4.78 is 5.39. The molecule has 2 unspecified atom stereocenters. The Morgan fingerprint density at radius 3 is 2.85 bits per heavy atom. The van der Waals surface area contributed by atoms with Gasteiger partial charge in [-0.2, -0.15) is 4.98 Å². The van der Waals surface area contributed by atoms with Crippen molar-refractivity contribution >= 4 is 16.5 Å². The number of nitrogens with zero attached hydrogens (tertiary/aromatic N) is 2. The number of methoxy groups -OCH3 is 1. The van der Waals surface area contributed by atoms with Gasteiger partial charge in [-0.1, -0.05) is 37.5 Å². The van der Waals surface area contributed by atoms with Crippen LogP contribution in [0, 0.1) is 5.92 Å². The van der Waals surface area contributed by atoms with Crippen molar-refractivity contribution in [1.29, 1.82) is 0 Å². The van der Waals surface area contributed by atoms with Gasteiger partial charge in [-0.05, 0) is 18.8 Å². The zero-order valence-electron chi connectivity index (χ0n) is 13.1. The number of hydrogen-bond acceptors (Lipinski definition) is 5. The minimum absolute atomic E-state index is 0.656. The van der Waals surface area contributed by atoms with Gasteiger partial charge >= 0.3 is 0 Å².